The van der Waals surface area contributed by atoms with Crippen LogP contribution in [-0.4, -0.2) is 47.4 Å². The Morgan fingerprint density at radius 1 is 1.14 bits per heavy atom. The van der Waals surface area contributed by atoms with Crippen LogP contribution in [0.25, 0.3) is 0 Å². The molecule has 5 nitrogen and oxygen atoms in total. The number of thioether (sulfide) groups is 1. The predicted molar refractivity (Wildman–Crippen MR) is 122 cm³/mol. The number of ether oxygens (including phenoxy) is 1. The fraction of sp³-hybridized carbons (Fsp3) is 0.364. The van der Waals surface area contributed by atoms with E-state index in [9.17, 15) is 9.59 Å². The molecule has 154 valence electrons. The summed E-state index contributed by atoms with van der Waals surface area (Å²) in [6, 6.07) is 12.8. The first-order valence-corrected chi connectivity index (χ1v) is 11.6. The van der Waals surface area contributed by atoms with Crippen LogP contribution in [0.2, 0.25) is 0 Å². The fourth-order valence-electron chi connectivity index (χ4n) is 3.04. The van der Waals surface area contributed by atoms with E-state index in [0.717, 1.165) is 34.6 Å². The van der Waals surface area contributed by atoms with Crippen molar-refractivity contribution in [2.75, 3.05) is 29.9 Å². The first kappa shape index (κ1) is 21.7. The molecule has 0 radical (unpaired) electrons. The zero-order valence-electron chi connectivity index (χ0n) is 16.6. The van der Waals surface area contributed by atoms with Gasteiger partial charge in [0.15, 0.2) is 0 Å². The number of carbonyl (C=O) groups excluding carboxylic acids is 2. The number of carbonyl (C=O) groups is 2. The summed E-state index contributed by atoms with van der Waals surface area (Å²) in [6.45, 7) is 5.49. The average molecular weight is 477 g/mol. The Hall–Kier alpha value is -1.99. The van der Waals surface area contributed by atoms with E-state index in [1.165, 1.54) is 0 Å². The van der Waals surface area contributed by atoms with Gasteiger partial charge in [-0.15, -0.1) is 0 Å². The van der Waals surface area contributed by atoms with E-state index < -0.39 is 0 Å². The van der Waals surface area contributed by atoms with E-state index in [1.54, 1.807) is 12.1 Å². The predicted octanol–water partition coefficient (Wildman–Crippen LogP) is 4.61. The third kappa shape index (κ3) is 6.24. The Labute approximate surface area is 184 Å². The molecule has 3 rings (SSSR count). The SMILES string of the molecule is CC(C)Oc1cc(Br)ccc1C(=O)Nc1ccc(CC(=O)N2CCSCC2)cc1. The first-order chi connectivity index (χ1) is 13.9. The summed E-state index contributed by atoms with van der Waals surface area (Å²) in [4.78, 5) is 27.1. The van der Waals surface area contributed by atoms with Gasteiger partial charge >= 0.3 is 0 Å². The van der Waals surface area contributed by atoms with Crippen molar-refractivity contribution in [3.8, 4) is 5.75 Å². The van der Waals surface area contributed by atoms with Crippen LogP contribution < -0.4 is 10.1 Å². The van der Waals surface area contributed by atoms with Gasteiger partial charge in [-0.2, -0.15) is 11.8 Å². The van der Waals surface area contributed by atoms with Crippen LogP contribution in [0.3, 0.4) is 0 Å². The summed E-state index contributed by atoms with van der Waals surface area (Å²) in [5.74, 6) is 2.48. The largest absolute Gasteiger partial charge is 0.490 e. The van der Waals surface area contributed by atoms with Gasteiger partial charge in [0.2, 0.25) is 5.91 Å². The molecule has 1 aliphatic rings. The van der Waals surface area contributed by atoms with Crippen molar-refractivity contribution in [3.63, 3.8) is 0 Å². The van der Waals surface area contributed by atoms with Crippen molar-refractivity contribution < 1.29 is 14.3 Å². The zero-order chi connectivity index (χ0) is 20.8. The van der Waals surface area contributed by atoms with Crippen LogP contribution in [0.1, 0.15) is 29.8 Å². The summed E-state index contributed by atoms with van der Waals surface area (Å²) >= 11 is 5.30. The van der Waals surface area contributed by atoms with Crippen LogP contribution in [0.15, 0.2) is 46.9 Å². The lowest BCUT2D eigenvalue weighted by molar-refractivity contribution is -0.130. The molecule has 1 N–H and O–H groups in total. The highest BCUT2D eigenvalue weighted by Crippen LogP contribution is 2.26. The summed E-state index contributed by atoms with van der Waals surface area (Å²) in [6.07, 6.45) is 0.351. The molecule has 1 aliphatic heterocycles. The minimum absolute atomic E-state index is 0.0360. The molecule has 2 amide bonds. The molecule has 0 unspecified atom stereocenters. The molecule has 0 aromatic heterocycles. The number of hydrogen-bond donors (Lipinski definition) is 1. The lowest BCUT2D eigenvalue weighted by Gasteiger charge is -2.26. The molecule has 2 aromatic rings. The second kappa shape index (κ2) is 10.2. The molecular formula is C22H25BrN2O3S. The van der Waals surface area contributed by atoms with Crippen LogP contribution in [0, 0.1) is 0 Å². The van der Waals surface area contributed by atoms with Gasteiger partial charge in [-0.3, -0.25) is 9.59 Å². The standard InChI is InChI=1S/C22H25BrN2O3S/c1-15(2)28-20-14-17(23)5-8-19(20)22(27)24-18-6-3-16(4-7-18)13-21(26)25-9-11-29-12-10-25/h3-8,14-15H,9-13H2,1-2H3,(H,24,27). The maximum atomic E-state index is 12.7. The van der Waals surface area contributed by atoms with Crippen molar-refractivity contribution in [1.82, 2.24) is 4.90 Å². The summed E-state index contributed by atoms with van der Waals surface area (Å²) < 4.78 is 6.62. The second-order valence-corrected chi connectivity index (χ2v) is 9.27. The van der Waals surface area contributed by atoms with Gasteiger partial charge < -0.3 is 15.0 Å². The summed E-state index contributed by atoms with van der Waals surface area (Å²) in [5, 5.41) is 2.90. The van der Waals surface area contributed by atoms with Gasteiger partial charge in [0.05, 0.1) is 18.1 Å². The van der Waals surface area contributed by atoms with E-state index >= 15 is 0 Å². The number of halogens is 1. The molecule has 1 saturated heterocycles. The molecule has 0 saturated carbocycles. The number of anilines is 1. The Morgan fingerprint density at radius 2 is 1.83 bits per heavy atom. The maximum Gasteiger partial charge on any atom is 0.259 e. The van der Waals surface area contributed by atoms with Gasteiger partial charge in [0, 0.05) is 34.8 Å². The Kier molecular flexibility index (Phi) is 7.61. The van der Waals surface area contributed by atoms with Gasteiger partial charge in [0.1, 0.15) is 5.75 Å². The minimum Gasteiger partial charge on any atom is -0.490 e. The lowest BCUT2D eigenvalue weighted by Crippen LogP contribution is -2.38. The third-order valence-corrected chi connectivity index (χ3v) is 5.92. The number of nitrogens with zero attached hydrogens (tertiary/aromatic N) is 1. The minimum atomic E-state index is -0.234. The Bertz CT molecular complexity index is 865. The highest BCUT2D eigenvalue weighted by Gasteiger charge is 2.17. The highest BCUT2D eigenvalue weighted by atomic mass is 79.9. The van der Waals surface area contributed by atoms with Gasteiger partial charge in [-0.05, 0) is 49.7 Å². The number of amides is 2. The number of benzene rings is 2. The van der Waals surface area contributed by atoms with Crippen molar-refractivity contribution in [1.29, 1.82) is 0 Å². The summed E-state index contributed by atoms with van der Waals surface area (Å²) in [5.41, 5.74) is 2.10. The van der Waals surface area contributed by atoms with Crippen molar-refractivity contribution in [2.45, 2.75) is 26.4 Å². The topological polar surface area (TPSA) is 58.6 Å². The molecule has 1 fully saturated rings. The molecular weight excluding hydrogens is 452 g/mol. The van der Waals surface area contributed by atoms with E-state index in [4.69, 9.17) is 4.74 Å². The number of rotatable bonds is 6. The molecule has 7 heteroatoms. The van der Waals surface area contributed by atoms with Gasteiger partial charge in [-0.1, -0.05) is 28.1 Å². The normalized spacial score (nSPS) is 14.0. The quantitative estimate of drug-likeness (QED) is 0.661. The maximum absolute atomic E-state index is 12.7. The fourth-order valence-corrected chi connectivity index (χ4v) is 4.28. The second-order valence-electron chi connectivity index (χ2n) is 7.13. The monoisotopic (exact) mass is 476 g/mol. The lowest BCUT2D eigenvalue weighted by atomic mass is 10.1. The van der Waals surface area contributed by atoms with Crippen LogP contribution in [-0.2, 0) is 11.2 Å². The van der Waals surface area contributed by atoms with Crippen LogP contribution in [0.5, 0.6) is 5.75 Å². The smallest absolute Gasteiger partial charge is 0.259 e. The average Bonchev–Trinajstić information content (AvgIpc) is 2.69. The molecule has 1 heterocycles. The van der Waals surface area contributed by atoms with E-state index in [-0.39, 0.29) is 17.9 Å². The van der Waals surface area contributed by atoms with E-state index in [1.807, 2.05) is 60.8 Å². The van der Waals surface area contributed by atoms with Gasteiger partial charge in [0.25, 0.3) is 5.91 Å². The Balaban J connectivity index is 1.63. The molecule has 0 aliphatic carbocycles. The summed E-state index contributed by atoms with van der Waals surface area (Å²) in [7, 11) is 0. The zero-order valence-corrected chi connectivity index (χ0v) is 19.0. The molecule has 0 bridgehead atoms. The van der Waals surface area contributed by atoms with E-state index in [0.29, 0.717) is 23.4 Å². The van der Waals surface area contributed by atoms with Gasteiger partial charge in [-0.25, -0.2) is 0 Å². The number of hydrogen-bond acceptors (Lipinski definition) is 4. The molecule has 2 aromatic carbocycles. The molecule has 29 heavy (non-hydrogen) atoms. The third-order valence-electron chi connectivity index (χ3n) is 4.48. The first-order valence-electron chi connectivity index (χ1n) is 9.64. The number of nitrogens with one attached hydrogen (secondary N) is 1. The van der Waals surface area contributed by atoms with E-state index in [2.05, 4.69) is 21.2 Å². The van der Waals surface area contributed by atoms with Crippen molar-refractivity contribution in [2.24, 2.45) is 0 Å². The van der Waals surface area contributed by atoms with Crippen molar-refractivity contribution in [3.05, 3.63) is 58.1 Å². The molecule has 0 atom stereocenters. The van der Waals surface area contributed by atoms with Crippen LogP contribution >= 0.6 is 27.7 Å². The molecule has 0 spiro atoms. The Morgan fingerprint density at radius 3 is 2.48 bits per heavy atom. The van der Waals surface area contributed by atoms with Crippen LogP contribution in [0.4, 0.5) is 5.69 Å². The highest BCUT2D eigenvalue weighted by molar-refractivity contribution is 9.10. The van der Waals surface area contributed by atoms with Crippen molar-refractivity contribution >= 4 is 45.2 Å².